The molecule has 1 aliphatic heterocycles. The minimum Gasteiger partial charge on any atom is -0.507 e. The highest BCUT2D eigenvalue weighted by Crippen LogP contribution is 2.38. The van der Waals surface area contributed by atoms with E-state index in [1.54, 1.807) is 45.0 Å². The number of aliphatic hydroxyl groups excluding tert-OH is 1. The van der Waals surface area contributed by atoms with Gasteiger partial charge in [0.05, 0.1) is 16.6 Å². The maximum Gasteiger partial charge on any atom is 0.404 e. The molecule has 4 N–H and O–H groups in total. The molecule has 0 saturated carbocycles. The van der Waals surface area contributed by atoms with Crippen LogP contribution in [0.5, 0.6) is 23.0 Å². The van der Waals surface area contributed by atoms with Crippen molar-refractivity contribution >= 4 is 22.8 Å². The van der Waals surface area contributed by atoms with E-state index in [-0.39, 0.29) is 33.3 Å². The number of methoxy groups -OCH3 is 1. The zero-order chi connectivity index (χ0) is 35.8. The van der Waals surface area contributed by atoms with Crippen LogP contribution in [0.1, 0.15) is 61.7 Å². The predicted molar refractivity (Wildman–Crippen MR) is 179 cm³/mol. The lowest BCUT2D eigenvalue weighted by Crippen LogP contribution is -2.65. The predicted octanol–water partition coefficient (Wildman–Crippen LogP) is 5.68. The summed E-state index contributed by atoms with van der Waals surface area (Å²) >= 11 is 0. The second-order valence-corrected chi connectivity index (χ2v) is 13.5. The summed E-state index contributed by atoms with van der Waals surface area (Å²) < 4.78 is 34.1. The summed E-state index contributed by atoms with van der Waals surface area (Å²) in [6.45, 7) is 11.3. The van der Waals surface area contributed by atoms with Gasteiger partial charge in [-0.3, -0.25) is 4.79 Å². The van der Waals surface area contributed by atoms with Crippen LogP contribution >= 0.6 is 0 Å². The number of amides is 1. The molecule has 1 fully saturated rings. The maximum atomic E-state index is 13.3. The number of ether oxygens (including phenoxy) is 5. The van der Waals surface area contributed by atoms with Crippen molar-refractivity contribution in [2.24, 2.45) is 5.73 Å². The normalized spacial score (nSPS) is 20.5. The molecule has 0 radical (unpaired) electrons. The molecule has 2 heterocycles. The summed E-state index contributed by atoms with van der Waals surface area (Å²) in [4.78, 5) is 38.0. The molecule has 0 unspecified atom stereocenters. The molecule has 1 amide bonds. The first-order chi connectivity index (χ1) is 23.0. The fourth-order valence-electron chi connectivity index (χ4n) is 5.91. The molecule has 1 aromatic heterocycles. The van der Waals surface area contributed by atoms with E-state index in [0.717, 1.165) is 5.56 Å². The number of carbonyl (C=O) groups is 2. The van der Waals surface area contributed by atoms with Crippen molar-refractivity contribution in [3.63, 3.8) is 0 Å². The van der Waals surface area contributed by atoms with Crippen molar-refractivity contribution < 1.29 is 47.9 Å². The zero-order valence-electron chi connectivity index (χ0n) is 28.4. The number of rotatable bonds is 9. The highest BCUT2D eigenvalue weighted by molar-refractivity contribution is 5.99. The van der Waals surface area contributed by atoms with Crippen LogP contribution in [0.25, 0.3) is 11.0 Å². The molecule has 5 rings (SSSR count). The third-order valence-electron chi connectivity index (χ3n) is 8.56. The zero-order valence-corrected chi connectivity index (χ0v) is 28.4. The molecule has 0 aliphatic carbocycles. The molecule has 260 valence electrons. The van der Waals surface area contributed by atoms with Crippen molar-refractivity contribution in [3.05, 3.63) is 93.3 Å². The fraction of sp³-hybridized carbons (Fsp3) is 0.378. The number of benzene rings is 3. The Hall–Kier alpha value is -4.91. The summed E-state index contributed by atoms with van der Waals surface area (Å²) in [5, 5.41) is 22.3. The average Bonchev–Trinajstić information content (AvgIpc) is 3.02. The Balaban J connectivity index is 1.36. The number of hydrogen-bond donors (Lipinski definition) is 3. The Morgan fingerprint density at radius 3 is 2.35 bits per heavy atom. The highest BCUT2D eigenvalue weighted by Gasteiger charge is 2.53. The molecule has 4 aromatic rings. The fourth-order valence-corrected chi connectivity index (χ4v) is 5.91. The van der Waals surface area contributed by atoms with Gasteiger partial charge in [-0.15, -0.1) is 0 Å². The van der Waals surface area contributed by atoms with Gasteiger partial charge >= 0.3 is 11.7 Å². The van der Waals surface area contributed by atoms with Crippen LogP contribution in [0.4, 0.5) is 4.79 Å². The van der Waals surface area contributed by atoms with Crippen molar-refractivity contribution in [2.45, 2.75) is 83.6 Å². The topological polar surface area (TPSA) is 177 Å². The van der Waals surface area contributed by atoms with Crippen LogP contribution in [-0.4, -0.2) is 59.4 Å². The van der Waals surface area contributed by atoms with E-state index in [0.29, 0.717) is 17.1 Å². The molecule has 4 atom stereocenters. The SMILES string of the molecule is CO[C@@H]1[C@@H](OC(N)=O)[C@@H](O)[C@H](Oc2ccc3c(O)c(CC(=O)c4cccc(Oc5ccc(C(C)(C)C)cc5)c4)c(=O)oc3c2C)OC1(C)C. The second kappa shape index (κ2) is 13.5. The molecule has 1 saturated heterocycles. The summed E-state index contributed by atoms with van der Waals surface area (Å²) in [5.41, 5.74) is 4.77. The Morgan fingerprint density at radius 2 is 1.71 bits per heavy atom. The first-order valence-electron chi connectivity index (χ1n) is 15.7. The van der Waals surface area contributed by atoms with Gasteiger partial charge < -0.3 is 44.0 Å². The van der Waals surface area contributed by atoms with E-state index in [1.807, 2.05) is 24.3 Å². The van der Waals surface area contributed by atoms with Crippen molar-refractivity contribution in [3.8, 4) is 23.0 Å². The third kappa shape index (κ3) is 7.41. The molecule has 3 aromatic carbocycles. The van der Waals surface area contributed by atoms with Gasteiger partial charge in [0.15, 0.2) is 18.0 Å². The number of hydrogen-bond acceptors (Lipinski definition) is 11. The lowest BCUT2D eigenvalue weighted by Gasteiger charge is -2.47. The van der Waals surface area contributed by atoms with Crippen LogP contribution < -0.4 is 20.8 Å². The summed E-state index contributed by atoms with van der Waals surface area (Å²) in [7, 11) is 1.38. The number of aliphatic hydroxyl groups is 1. The van der Waals surface area contributed by atoms with Gasteiger partial charge in [-0.2, -0.15) is 0 Å². The molecule has 0 bridgehead atoms. The number of aromatic hydroxyl groups is 1. The molecular weight excluding hydrogens is 634 g/mol. The van der Waals surface area contributed by atoms with Crippen LogP contribution in [0.15, 0.2) is 69.9 Å². The van der Waals surface area contributed by atoms with Crippen molar-refractivity contribution in [1.29, 1.82) is 0 Å². The van der Waals surface area contributed by atoms with Gasteiger partial charge in [0, 0.05) is 24.7 Å². The molecule has 49 heavy (non-hydrogen) atoms. The number of nitrogens with two attached hydrogens (primary N) is 1. The number of aryl methyl sites for hydroxylation is 1. The van der Waals surface area contributed by atoms with Gasteiger partial charge in [0.1, 0.15) is 34.7 Å². The van der Waals surface area contributed by atoms with Gasteiger partial charge in [-0.05, 0) is 68.1 Å². The molecule has 12 heteroatoms. The highest BCUT2D eigenvalue weighted by atomic mass is 16.7. The molecule has 1 aliphatic rings. The monoisotopic (exact) mass is 675 g/mol. The minimum absolute atomic E-state index is 0.00562. The molecule has 0 spiro atoms. The lowest BCUT2D eigenvalue weighted by atomic mass is 9.87. The Morgan fingerprint density at radius 1 is 1.02 bits per heavy atom. The van der Waals surface area contributed by atoms with Crippen molar-refractivity contribution in [1.82, 2.24) is 0 Å². The number of Topliss-reactive ketones (excluding diaryl/α,β-unsaturated/α-hetero) is 1. The van der Waals surface area contributed by atoms with E-state index in [9.17, 15) is 24.6 Å². The van der Waals surface area contributed by atoms with E-state index in [4.69, 9.17) is 33.8 Å². The molecular formula is C37H41NO11. The lowest BCUT2D eigenvalue weighted by molar-refractivity contribution is -0.304. The Kier molecular flexibility index (Phi) is 9.78. The van der Waals surface area contributed by atoms with Crippen molar-refractivity contribution in [2.75, 3.05) is 7.11 Å². The smallest absolute Gasteiger partial charge is 0.404 e. The van der Waals surface area contributed by atoms with Gasteiger partial charge in [0.2, 0.25) is 6.29 Å². The van der Waals surface area contributed by atoms with E-state index < -0.39 is 59.9 Å². The average molecular weight is 676 g/mol. The quantitative estimate of drug-likeness (QED) is 0.147. The first-order valence-corrected chi connectivity index (χ1v) is 15.7. The Bertz CT molecular complexity index is 1920. The second-order valence-electron chi connectivity index (χ2n) is 13.5. The van der Waals surface area contributed by atoms with Gasteiger partial charge in [-0.25, -0.2) is 9.59 Å². The summed E-state index contributed by atoms with van der Waals surface area (Å²) in [6, 6.07) is 17.2. The Labute approximate surface area is 283 Å². The summed E-state index contributed by atoms with van der Waals surface area (Å²) in [6.07, 6.45) is -6.48. The van der Waals surface area contributed by atoms with Crippen LogP contribution in [0.3, 0.4) is 0 Å². The number of carbonyl (C=O) groups excluding carboxylic acids is 2. The van der Waals surface area contributed by atoms with Crippen LogP contribution in [0, 0.1) is 6.92 Å². The maximum absolute atomic E-state index is 13.3. The van der Waals surface area contributed by atoms with E-state index >= 15 is 0 Å². The van der Waals surface area contributed by atoms with Gasteiger partial charge in [0.25, 0.3) is 0 Å². The number of fused-ring (bicyclic) bond motifs is 1. The van der Waals surface area contributed by atoms with Crippen LogP contribution in [0.2, 0.25) is 0 Å². The molecule has 12 nitrogen and oxygen atoms in total. The largest absolute Gasteiger partial charge is 0.507 e. The minimum atomic E-state index is -1.51. The van der Waals surface area contributed by atoms with Gasteiger partial charge in [-0.1, -0.05) is 45.0 Å². The number of ketones is 1. The van der Waals surface area contributed by atoms with E-state index in [2.05, 4.69) is 20.8 Å². The third-order valence-corrected chi connectivity index (χ3v) is 8.56. The first kappa shape index (κ1) is 35.4. The van der Waals surface area contributed by atoms with Crippen LogP contribution in [-0.2, 0) is 26.0 Å². The summed E-state index contributed by atoms with van der Waals surface area (Å²) in [5.74, 6) is 0.356. The number of primary amides is 1. The van der Waals surface area contributed by atoms with E-state index in [1.165, 1.54) is 19.2 Å². The standard InChI is InChI=1S/C37H41NO11/c1-19-27(46-34-29(41)31(48-35(38)43)32(44-7)37(5,6)49-34)16-15-24-28(40)25(33(42)47-30(19)24)18-26(39)20-9-8-10-23(17-20)45-22-13-11-21(12-14-22)36(2,3)4/h8-17,29,31-32,34,40-41H,18H2,1-7H3,(H2,38,43)/t29-,31+,32-,34-/m1/s1.